The Kier molecular flexibility index (Phi) is 3.97. The number of halogens is 2. The summed E-state index contributed by atoms with van der Waals surface area (Å²) < 4.78 is 0. The van der Waals surface area contributed by atoms with Crippen LogP contribution in [0.4, 0.5) is 0 Å². The standard InChI is InChI=1S/C13H15ClN2.ClH/c14-10-1-2-11-12(8-16-13(11)7-10)9-3-5-15-6-4-9;/h1-2,7-9,15-16H,3-6H2;1H. The molecule has 2 nitrogen and oxygen atoms in total. The maximum absolute atomic E-state index is 5.98. The van der Waals surface area contributed by atoms with E-state index >= 15 is 0 Å². The first-order chi connectivity index (χ1) is 7.84. The lowest BCUT2D eigenvalue weighted by Gasteiger charge is -2.22. The van der Waals surface area contributed by atoms with Crippen molar-refractivity contribution in [2.24, 2.45) is 0 Å². The third kappa shape index (κ3) is 2.44. The number of hydrogen-bond donors (Lipinski definition) is 2. The summed E-state index contributed by atoms with van der Waals surface area (Å²) in [5.74, 6) is 0.691. The van der Waals surface area contributed by atoms with E-state index in [1.165, 1.54) is 23.8 Å². The average molecular weight is 271 g/mol. The molecule has 92 valence electrons. The number of aromatic nitrogens is 1. The zero-order chi connectivity index (χ0) is 11.0. The molecule has 0 radical (unpaired) electrons. The minimum absolute atomic E-state index is 0. The molecule has 0 amide bonds. The van der Waals surface area contributed by atoms with Crippen molar-refractivity contribution in [3.05, 3.63) is 35.0 Å². The normalized spacial score (nSPS) is 17.0. The molecule has 3 rings (SSSR count). The van der Waals surface area contributed by atoms with Crippen molar-refractivity contribution in [3.8, 4) is 0 Å². The van der Waals surface area contributed by atoms with Crippen molar-refractivity contribution >= 4 is 34.9 Å². The number of rotatable bonds is 1. The summed E-state index contributed by atoms with van der Waals surface area (Å²) in [6.07, 6.45) is 4.61. The van der Waals surface area contributed by atoms with Gasteiger partial charge in [-0.1, -0.05) is 17.7 Å². The molecule has 1 aliphatic rings. The third-order valence-electron chi connectivity index (χ3n) is 3.45. The first-order valence-electron chi connectivity index (χ1n) is 5.82. The van der Waals surface area contributed by atoms with E-state index in [1.807, 2.05) is 12.1 Å². The van der Waals surface area contributed by atoms with E-state index in [-0.39, 0.29) is 12.4 Å². The highest BCUT2D eigenvalue weighted by atomic mass is 35.5. The molecule has 2 N–H and O–H groups in total. The van der Waals surface area contributed by atoms with Crippen LogP contribution in [0.3, 0.4) is 0 Å². The number of benzene rings is 1. The van der Waals surface area contributed by atoms with Crippen LogP contribution in [-0.2, 0) is 0 Å². The smallest absolute Gasteiger partial charge is 0.0471 e. The number of fused-ring (bicyclic) bond motifs is 1. The molecule has 0 saturated carbocycles. The van der Waals surface area contributed by atoms with Crippen LogP contribution in [-0.4, -0.2) is 18.1 Å². The van der Waals surface area contributed by atoms with Gasteiger partial charge in [0.2, 0.25) is 0 Å². The molecule has 0 unspecified atom stereocenters. The number of H-pyrrole nitrogens is 1. The van der Waals surface area contributed by atoms with Gasteiger partial charge in [0.15, 0.2) is 0 Å². The predicted octanol–water partition coefficient (Wildman–Crippen LogP) is 3.71. The van der Waals surface area contributed by atoms with Crippen molar-refractivity contribution in [1.82, 2.24) is 10.3 Å². The molecule has 1 aromatic carbocycles. The molecule has 1 fully saturated rings. The Morgan fingerprint density at radius 2 is 1.94 bits per heavy atom. The van der Waals surface area contributed by atoms with Crippen LogP contribution in [0.25, 0.3) is 10.9 Å². The van der Waals surface area contributed by atoms with Gasteiger partial charge in [-0.25, -0.2) is 0 Å². The molecular formula is C13H16Cl2N2. The maximum atomic E-state index is 5.98. The SMILES string of the molecule is Cl.Clc1ccc2c(C3CCNCC3)c[nH]c2c1. The molecule has 0 spiro atoms. The first kappa shape index (κ1) is 12.7. The Balaban J connectivity index is 0.00000108. The minimum atomic E-state index is 0. The quantitative estimate of drug-likeness (QED) is 0.813. The van der Waals surface area contributed by atoms with E-state index in [0.29, 0.717) is 5.92 Å². The fourth-order valence-electron chi connectivity index (χ4n) is 2.59. The molecule has 0 atom stereocenters. The van der Waals surface area contributed by atoms with Gasteiger partial charge < -0.3 is 10.3 Å². The Hall–Kier alpha value is -0.700. The summed E-state index contributed by atoms with van der Waals surface area (Å²) in [5.41, 5.74) is 2.61. The minimum Gasteiger partial charge on any atom is -0.361 e. The van der Waals surface area contributed by atoms with Crippen LogP contribution < -0.4 is 5.32 Å². The fourth-order valence-corrected chi connectivity index (χ4v) is 2.76. The average Bonchev–Trinajstić information content (AvgIpc) is 2.73. The second-order valence-corrected chi connectivity index (χ2v) is 4.89. The summed E-state index contributed by atoms with van der Waals surface area (Å²) >= 11 is 5.98. The van der Waals surface area contributed by atoms with Crippen LogP contribution >= 0.6 is 24.0 Å². The molecule has 1 aromatic heterocycles. The molecule has 2 heterocycles. The first-order valence-corrected chi connectivity index (χ1v) is 6.19. The van der Waals surface area contributed by atoms with Gasteiger partial charge in [-0.15, -0.1) is 12.4 Å². The van der Waals surface area contributed by atoms with Crippen molar-refractivity contribution in [3.63, 3.8) is 0 Å². The predicted molar refractivity (Wildman–Crippen MR) is 75.4 cm³/mol. The fraction of sp³-hybridized carbons (Fsp3) is 0.385. The zero-order valence-corrected chi connectivity index (χ0v) is 11.1. The number of piperidine rings is 1. The second kappa shape index (κ2) is 5.30. The van der Waals surface area contributed by atoms with Gasteiger partial charge in [-0.2, -0.15) is 0 Å². The molecular weight excluding hydrogens is 255 g/mol. The van der Waals surface area contributed by atoms with E-state index in [2.05, 4.69) is 22.6 Å². The topological polar surface area (TPSA) is 27.8 Å². The summed E-state index contributed by atoms with van der Waals surface area (Å²) in [4.78, 5) is 3.32. The van der Waals surface area contributed by atoms with Gasteiger partial charge in [0.1, 0.15) is 0 Å². The van der Waals surface area contributed by atoms with Crippen molar-refractivity contribution < 1.29 is 0 Å². The van der Waals surface area contributed by atoms with Crippen LogP contribution in [0.15, 0.2) is 24.4 Å². The monoisotopic (exact) mass is 270 g/mol. The van der Waals surface area contributed by atoms with Crippen LogP contribution in [0.1, 0.15) is 24.3 Å². The van der Waals surface area contributed by atoms with Gasteiger partial charge >= 0.3 is 0 Å². The van der Waals surface area contributed by atoms with Gasteiger partial charge in [0.05, 0.1) is 0 Å². The largest absolute Gasteiger partial charge is 0.361 e. The van der Waals surface area contributed by atoms with Gasteiger partial charge in [0.25, 0.3) is 0 Å². The van der Waals surface area contributed by atoms with Gasteiger partial charge in [-0.3, -0.25) is 0 Å². The summed E-state index contributed by atoms with van der Waals surface area (Å²) in [6.45, 7) is 2.26. The molecule has 17 heavy (non-hydrogen) atoms. The van der Waals surface area contributed by atoms with E-state index in [4.69, 9.17) is 11.6 Å². The van der Waals surface area contributed by atoms with E-state index in [9.17, 15) is 0 Å². The third-order valence-corrected chi connectivity index (χ3v) is 3.69. The molecule has 1 saturated heterocycles. The van der Waals surface area contributed by atoms with Crippen molar-refractivity contribution in [2.75, 3.05) is 13.1 Å². The van der Waals surface area contributed by atoms with E-state index in [0.717, 1.165) is 23.6 Å². The van der Waals surface area contributed by atoms with Crippen molar-refractivity contribution in [1.29, 1.82) is 0 Å². The molecule has 0 bridgehead atoms. The molecule has 2 aromatic rings. The summed E-state index contributed by atoms with van der Waals surface area (Å²) in [5, 5.41) is 5.53. The molecule has 1 aliphatic heterocycles. The number of nitrogens with one attached hydrogen (secondary N) is 2. The lowest BCUT2D eigenvalue weighted by atomic mass is 9.90. The Labute approximate surface area is 112 Å². The highest BCUT2D eigenvalue weighted by Crippen LogP contribution is 2.32. The number of aromatic amines is 1. The molecule has 0 aliphatic carbocycles. The lowest BCUT2D eigenvalue weighted by Crippen LogP contribution is -2.26. The highest BCUT2D eigenvalue weighted by molar-refractivity contribution is 6.31. The zero-order valence-electron chi connectivity index (χ0n) is 9.50. The van der Waals surface area contributed by atoms with Crippen molar-refractivity contribution in [2.45, 2.75) is 18.8 Å². The Morgan fingerprint density at radius 1 is 1.18 bits per heavy atom. The lowest BCUT2D eigenvalue weighted by molar-refractivity contribution is 0.462. The maximum Gasteiger partial charge on any atom is 0.0471 e. The Bertz CT molecular complexity index is 501. The van der Waals surface area contributed by atoms with E-state index in [1.54, 1.807) is 0 Å². The molecule has 4 heteroatoms. The van der Waals surface area contributed by atoms with Crippen LogP contribution in [0, 0.1) is 0 Å². The summed E-state index contributed by atoms with van der Waals surface area (Å²) in [7, 11) is 0. The Morgan fingerprint density at radius 3 is 2.71 bits per heavy atom. The second-order valence-electron chi connectivity index (χ2n) is 4.46. The van der Waals surface area contributed by atoms with Crippen LogP contribution in [0.2, 0.25) is 5.02 Å². The number of hydrogen-bond acceptors (Lipinski definition) is 1. The van der Waals surface area contributed by atoms with Crippen LogP contribution in [0.5, 0.6) is 0 Å². The van der Waals surface area contributed by atoms with E-state index < -0.39 is 0 Å². The summed E-state index contributed by atoms with van der Waals surface area (Å²) in [6, 6.07) is 6.11. The van der Waals surface area contributed by atoms with Gasteiger partial charge in [-0.05, 0) is 49.5 Å². The highest BCUT2D eigenvalue weighted by Gasteiger charge is 2.18. The van der Waals surface area contributed by atoms with Gasteiger partial charge in [0, 0.05) is 22.1 Å².